The maximum absolute atomic E-state index is 11.5. The normalized spacial score (nSPS) is 15.1. The van der Waals surface area contributed by atoms with Crippen molar-refractivity contribution in [2.24, 2.45) is 0 Å². The zero-order valence-electron chi connectivity index (χ0n) is 9.99. The Morgan fingerprint density at radius 3 is 2.81 bits per heavy atom. The lowest BCUT2D eigenvalue weighted by molar-refractivity contribution is 0.764. The molecule has 2 rings (SSSR count). The summed E-state index contributed by atoms with van der Waals surface area (Å²) in [6.07, 6.45) is 3.39. The molecule has 4 heteroatoms. The molecule has 0 radical (unpaired) electrons. The van der Waals surface area contributed by atoms with Gasteiger partial charge in [0.05, 0.1) is 0 Å². The van der Waals surface area contributed by atoms with E-state index in [9.17, 15) is 4.79 Å². The fraction of sp³-hybridized carbons (Fsp3) is 0.667. The Bertz CT molecular complexity index is 409. The molecule has 1 aliphatic carbocycles. The highest BCUT2D eigenvalue weighted by Gasteiger charge is 2.26. The maximum Gasteiger partial charge on any atom is 0.252 e. The Morgan fingerprint density at radius 1 is 1.50 bits per heavy atom. The quantitative estimate of drug-likeness (QED) is 0.826. The summed E-state index contributed by atoms with van der Waals surface area (Å²) in [6.45, 7) is 6.08. The van der Waals surface area contributed by atoms with Crippen molar-refractivity contribution in [2.45, 2.75) is 39.0 Å². The van der Waals surface area contributed by atoms with E-state index in [0.717, 1.165) is 44.0 Å². The van der Waals surface area contributed by atoms with E-state index in [1.165, 1.54) is 0 Å². The Balaban J connectivity index is 2.27. The highest BCUT2D eigenvalue weighted by atomic mass is 16.1. The molecule has 0 aliphatic heterocycles. The molecule has 0 atom stereocenters. The number of anilines is 1. The van der Waals surface area contributed by atoms with Gasteiger partial charge in [0, 0.05) is 25.1 Å². The van der Waals surface area contributed by atoms with Crippen LogP contribution in [0.1, 0.15) is 44.9 Å². The number of H-pyrrole nitrogens is 1. The molecule has 0 bridgehead atoms. The van der Waals surface area contributed by atoms with Crippen molar-refractivity contribution >= 4 is 5.82 Å². The average molecular weight is 221 g/mol. The second-order valence-corrected chi connectivity index (χ2v) is 4.34. The second-order valence-electron chi connectivity index (χ2n) is 4.34. The van der Waals surface area contributed by atoms with Crippen LogP contribution >= 0.6 is 0 Å². The molecule has 1 fully saturated rings. The van der Waals surface area contributed by atoms with Gasteiger partial charge >= 0.3 is 0 Å². The van der Waals surface area contributed by atoms with Gasteiger partial charge in [-0.15, -0.1) is 0 Å². The fourth-order valence-electron chi connectivity index (χ4n) is 1.88. The topological polar surface area (TPSA) is 49.0 Å². The van der Waals surface area contributed by atoms with Crippen LogP contribution in [0.3, 0.4) is 0 Å². The molecule has 0 amide bonds. The van der Waals surface area contributed by atoms with Gasteiger partial charge < -0.3 is 9.88 Å². The lowest BCUT2D eigenvalue weighted by Crippen LogP contribution is -2.27. The smallest absolute Gasteiger partial charge is 0.252 e. The van der Waals surface area contributed by atoms with Crippen molar-refractivity contribution < 1.29 is 0 Å². The first kappa shape index (κ1) is 11.2. The molecule has 88 valence electrons. The molecule has 1 N–H and O–H groups in total. The summed E-state index contributed by atoms with van der Waals surface area (Å²) in [5.41, 5.74) is -0.0264. The minimum absolute atomic E-state index is 0.0264. The van der Waals surface area contributed by atoms with Gasteiger partial charge in [0.25, 0.3) is 5.56 Å². The van der Waals surface area contributed by atoms with E-state index < -0.39 is 0 Å². The maximum atomic E-state index is 11.5. The Labute approximate surface area is 95.7 Å². The van der Waals surface area contributed by atoms with Crippen molar-refractivity contribution in [1.29, 1.82) is 0 Å². The van der Waals surface area contributed by atoms with E-state index in [2.05, 4.69) is 28.7 Å². The first-order valence-corrected chi connectivity index (χ1v) is 6.10. The predicted octanol–water partition coefficient (Wildman–Crippen LogP) is 1.88. The van der Waals surface area contributed by atoms with Crippen LogP contribution in [-0.4, -0.2) is 23.1 Å². The van der Waals surface area contributed by atoms with Crippen molar-refractivity contribution in [2.75, 3.05) is 18.0 Å². The monoisotopic (exact) mass is 221 g/mol. The highest BCUT2D eigenvalue weighted by Crippen LogP contribution is 2.37. The molecule has 0 saturated heterocycles. The van der Waals surface area contributed by atoms with Gasteiger partial charge in [-0.05, 0) is 26.2 Å². The lowest BCUT2D eigenvalue weighted by atomic mass is 10.3. The molecule has 0 spiro atoms. The molecule has 1 aromatic heterocycles. The van der Waals surface area contributed by atoms with E-state index in [0.29, 0.717) is 5.92 Å². The van der Waals surface area contributed by atoms with Gasteiger partial charge in [-0.25, -0.2) is 4.98 Å². The van der Waals surface area contributed by atoms with Crippen LogP contribution in [0.5, 0.6) is 0 Å². The third-order valence-corrected chi connectivity index (χ3v) is 2.91. The molecule has 1 saturated carbocycles. The summed E-state index contributed by atoms with van der Waals surface area (Å²) >= 11 is 0. The van der Waals surface area contributed by atoms with Crippen molar-refractivity contribution in [3.8, 4) is 0 Å². The van der Waals surface area contributed by atoms with Gasteiger partial charge in [0.1, 0.15) is 11.6 Å². The minimum atomic E-state index is -0.0264. The summed E-state index contributed by atoms with van der Waals surface area (Å²) in [5, 5.41) is 0. The molecule has 4 nitrogen and oxygen atoms in total. The molecule has 1 heterocycles. The number of aromatic nitrogens is 2. The number of hydrogen-bond acceptors (Lipinski definition) is 3. The van der Waals surface area contributed by atoms with Crippen LogP contribution in [0.15, 0.2) is 10.9 Å². The summed E-state index contributed by atoms with van der Waals surface area (Å²) in [5.74, 6) is 2.19. The first-order chi connectivity index (χ1) is 7.74. The van der Waals surface area contributed by atoms with Gasteiger partial charge in [-0.3, -0.25) is 4.79 Å². The molecular formula is C12H19N3O. The van der Waals surface area contributed by atoms with Gasteiger partial charge in [0.15, 0.2) is 0 Å². The third kappa shape index (κ3) is 2.43. The summed E-state index contributed by atoms with van der Waals surface area (Å²) < 4.78 is 0. The fourth-order valence-corrected chi connectivity index (χ4v) is 1.88. The highest BCUT2D eigenvalue weighted by molar-refractivity contribution is 5.37. The zero-order valence-corrected chi connectivity index (χ0v) is 9.99. The van der Waals surface area contributed by atoms with Gasteiger partial charge in [-0.2, -0.15) is 0 Å². The van der Waals surface area contributed by atoms with E-state index in [1.807, 2.05) is 0 Å². The van der Waals surface area contributed by atoms with Crippen LogP contribution in [0.4, 0.5) is 5.82 Å². The third-order valence-electron chi connectivity index (χ3n) is 2.91. The van der Waals surface area contributed by atoms with Crippen molar-refractivity contribution in [3.63, 3.8) is 0 Å². The molecule has 16 heavy (non-hydrogen) atoms. The number of hydrogen-bond donors (Lipinski definition) is 1. The summed E-state index contributed by atoms with van der Waals surface area (Å²) in [6, 6.07) is 1.60. The minimum Gasteiger partial charge on any atom is -0.357 e. The van der Waals surface area contributed by atoms with E-state index >= 15 is 0 Å². The van der Waals surface area contributed by atoms with Crippen LogP contribution in [-0.2, 0) is 0 Å². The Morgan fingerprint density at radius 2 is 2.25 bits per heavy atom. The molecule has 1 aliphatic rings. The number of nitrogens with one attached hydrogen (secondary N) is 1. The standard InChI is InChI=1S/C12H19N3O/c1-3-7-15(4-2)10-8-11(16)14-12(13-10)9-5-6-9/h8-9H,3-7H2,1-2H3,(H,13,14,16). The molecule has 0 aromatic carbocycles. The van der Waals surface area contributed by atoms with E-state index in [4.69, 9.17) is 0 Å². The predicted molar refractivity (Wildman–Crippen MR) is 65.0 cm³/mol. The van der Waals surface area contributed by atoms with Gasteiger partial charge in [0.2, 0.25) is 0 Å². The van der Waals surface area contributed by atoms with Crippen LogP contribution in [0.25, 0.3) is 0 Å². The molecule has 1 aromatic rings. The van der Waals surface area contributed by atoms with Gasteiger partial charge in [-0.1, -0.05) is 6.92 Å². The Hall–Kier alpha value is -1.32. The van der Waals surface area contributed by atoms with Crippen LogP contribution < -0.4 is 10.5 Å². The second kappa shape index (κ2) is 4.68. The van der Waals surface area contributed by atoms with Crippen molar-refractivity contribution in [1.82, 2.24) is 9.97 Å². The average Bonchev–Trinajstić information content (AvgIpc) is 3.08. The SMILES string of the molecule is CCCN(CC)c1cc(=O)[nH]c(C2CC2)n1. The van der Waals surface area contributed by atoms with Crippen LogP contribution in [0, 0.1) is 0 Å². The molecule has 0 unspecified atom stereocenters. The largest absolute Gasteiger partial charge is 0.357 e. The number of nitrogens with zero attached hydrogens (tertiary/aromatic N) is 2. The lowest BCUT2D eigenvalue weighted by Gasteiger charge is -2.21. The number of aromatic amines is 1. The van der Waals surface area contributed by atoms with E-state index in [-0.39, 0.29) is 5.56 Å². The Kier molecular flexibility index (Phi) is 3.27. The number of rotatable bonds is 5. The first-order valence-electron chi connectivity index (χ1n) is 6.10. The zero-order chi connectivity index (χ0) is 11.5. The van der Waals surface area contributed by atoms with E-state index in [1.54, 1.807) is 6.07 Å². The summed E-state index contributed by atoms with van der Waals surface area (Å²) in [7, 11) is 0. The summed E-state index contributed by atoms with van der Waals surface area (Å²) in [4.78, 5) is 21.1. The van der Waals surface area contributed by atoms with Crippen LogP contribution in [0.2, 0.25) is 0 Å². The molecular weight excluding hydrogens is 202 g/mol. The van der Waals surface area contributed by atoms with Crippen molar-refractivity contribution in [3.05, 3.63) is 22.2 Å².